The minimum absolute atomic E-state index is 0.272. The topological polar surface area (TPSA) is 17.1 Å². The van der Waals surface area contributed by atoms with Gasteiger partial charge in [0.05, 0.1) is 10.6 Å². The molecular weight excluding hydrogens is 212 g/mol. The van der Waals surface area contributed by atoms with Crippen LogP contribution in [0.5, 0.6) is 0 Å². The Balaban J connectivity index is 2.52. The summed E-state index contributed by atoms with van der Waals surface area (Å²) in [5.74, 6) is 0.884. The van der Waals surface area contributed by atoms with E-state index in [1.165, 1.54) is 4.88 Å². The van der Waals surface area contributed by atoms with Gasteiger partial charge >= 0.3 is 0 Å². The summed E-state index contributed by atoms with van der Waals surface area (Å²) in [5.41, 5.74) is 0. The molecule has 1 heterocycles. The molecule has 1 nitrogen and oxygen atoms in total. The molecule has 0 radical (unpaired) electrons. The molecule has 3 heteroatoms. The molecule has 0 amide bonds. The maximum Gasteiger partial charge on any atom is 0.182 e. The predicted octanol–water partition coefficient (Wildman–Crippen LogP) is 3.63. The van der Waals surface area contributed by atoms with Crippen molar-refractivity contribution in [1.29, 1.82) is 0 Å². The standard InChI is InChI=1S/C11H16OS2/c1-4-9-5-6-11(14-9)10(12)7-13-8(2)3/h5-6,8H,4,7H2,1-3H3. The molecule has 0 saturated heterocycles. The number of carbonyl (C=O) groups is 1. The van der Waals surface area contributed by atoms with Crippen molar-refractivity contribution in [3.63, 3.8) is 0 Å². The quantitative estimate of drug-likeness (QED) is 0.716. The minimum atomic E-state index is 0.272. The van der Waals surface area contributed by atoms with E-state index in [0.29, 0.717) is 11.0 Å². The number of Topliss-reactive ketones (excluding diaryl/α,β-unsaturated/α-hetero) is 1. The summed E-state index contributed by atoms with van der Waals surface area (Å²) in [5, 5.41) is 0.532. The van der Waals surface area contributed by atoms with E-state index in [2.05, 4.69) is 26.8 Å². The van der Waals surface area contributed by atoms with E-state index in [9.17, 15) is 4.79 Å². The Morgan fingerprint density at radius 1 is 1.50 bits per heavy atom. The molecule has 0 aliphatic carbocycles. The van der Waals surface area contributed by atoms with Gasteiger partial charge in [0.25, 0.3) is 0 Å². The molecule has 0 fully saturated rings. The SMILES string of the molecule is CCc1ccc(C(=O)CSC(C)C)s1. The van der Waals surface area contributed by atoms with E-state index in [1.807, 2.05) is 6.07 Å². The van der Waals surface area contributed by atoms with Crippen molar-refractivity contribution in [1.82, 2.24) is 0 Å². The average Bonchev–Trinajstić information content (AvgIpc) is 2.62. The number of rotatable bonds is 5. The highest BCUT2D eigenvalue weighted by Crippen LogP contribution is 2.20. The number of ketones is 1. The Bertz CT molecular complexity index is 302. The van der Waals surface area contributed by atoms with Crippen LogP contribution in [0.2, 0.25) is 0 Å². The molecule has 1 rings (SSSR count). The smallest absolute Gasteiger partial charge is 0.182 e. The molecule has 0 unspecified atom stereocenters. The van der Waals surface area contributed by atoms with Crippen LogP contribution in [0, 0.1) is 0 Å². The van der Waals surface area contributed by atoms with Gasteiger partial charge in [-0.05, 0) is 23.8 Å². The molecule has 0 N–H and O–H groups in total. The molecule has 1 aromatic heterocycles. The molecule has 0 saturated carbocycles. The lowest BCUT2D eigenvalue weighted by Crippen LogP contribution is -2.02. The Kier molecular flexibility index (Phi) is 4.69. The average molecular weight is 228 g/mol. The van der Waals surface area contributed by atoms with Gasteiger partial charge < -0.3 is 0 Å². The Morgan fingerprint density at radius 2 is 2.21 bits per heavy atom. The molecule has 1 aromatic rings. The number of thioether (sulfide) groups is 1. The molecule has 0 atom stereocenters. The van der Waals surface area contributed by atoms with E-state index >= 15 is 0 Å². The molecule has 0 spiro atoms. The van der Waals surface area contributed by atoms with Gasteiger partial charge in [-0.15, -0.1) is 11.3 Å². The van der Waals surface area contributed by atoms with Gasteiger partial charge in [0.2, 0.25) is 0 Å². The van der Waals surface area contributed by atoms with Crippen LogP contribution in [0.15, 0.2) is 12.1 Å². The summed E-state index contributed by atoms with van der Waals surface area (Å²) in [4.78, 5) is 13.9. The Hall–Kier alpha value is -0.280. The third kappa shape index (κ3) is 3.46. The van der Waals surface area contributed by atoms with Crippen molar-refractivity contribution in [3.05, 3.63) is 21.9 Å². The first-order valence-electron chi connectivity index (χ1n) is 4.87. The van der Waals surface area contributed by atoms with Crippen molar-refractivity contribution in [2.45, 2.75) is 32.4 Å². The fraction of sp³-hybridized carbons (Fsp3) is 0.545. The fourth-order valence-electron chi connectivity index (χ4n) is 1.03. The molecule has 0 aliphatic rings. The van der Waals surface area contributed by atoms with Crippen LogP contribution in [0.4, 0.5) is 0 Å². The largest absolute Gasteiger partial charge is 0.292 e. The van der Waals surface area contributed by atoms with Crippen molar-refractivity contribution in [3.8, 4) is 0 Å². The van der Waals surface area contributed by atoms with Crippen LogP contribution < -0.4 is 0 Å². The Morgan fingerprint density at radius 3 is 2.71 bits per heavy atom. The molecule has 0 bridgehead atoms. The van der Waals surface area contributed by atoms with E-state index in [4.69, 9.17) is 0 Å². The van der Waals surface area contributed by atoms with E-state index in [0.717, 1.165) is 11.3 Å². The lowest BCUT2D eigenvalue weighted by Gasteiger charge is -2.01. The summed E-state index contributed by atoms with van der Waals surface area (Å²) in [6, 6.07) is 4.00. The predicted molar refractivity (Wildman–Crippen MR) is 65.6 cm³/mol. The van der Waals surface area contributed by atoms with Crippen LogP contribution in [0.25, 0.3) is 0 Å². The molecule has 0 aromatic carbocycles. The lowest BCUT2D eigenvalue weighted by molar-refractivity contribution is 0.102. The molecule has 78 valence electrons. The van der Waals surface area contributed by atoms with E-state index in [-0.39, 0.29) is 5.78 Å². The highest BCUT2D eigenvalue weighted by molar-refractivity contribution is 8.00. The van der Waals surface area contributed by atoms with Gasteiger partial charge in [0.1, 0.15) is 0 Å². The number of aryl methyl sites for hydroxylation is 1. The van der Waals surface area contributed by atoms with Crippen LogP contribution in [-0.4, -0.2) is 16.8 Å². The van der Waals surface area contributed by atoms with Crippen molar-refractivity contribution in [2.24, 2.45) is 0 Å². The van der Waals surface area contributed by atoms with Crippen molar-refractivity contribution < 1.29 is 4.79 Å². The number of carbonyl (C=O) groups excluding carboxylic acids is 1. The molecule has 14 heavy (non-hydrogen) atoms. The van der Waals surface area contributed by atoms with Gasteiger partial charge in [-0.3, -0.25) is 4.79 Å². The maximum atomic E-state index is 11.7. The monoisotopic (exact) mass is 228 g/mol. The third-order valence-electron chi connectivity index (χ3n) is 1.83. The van der Waals surface area contributed by atoms with Crippen molar-refractivity contribution >= 4 is 28.9 Å². The highest BCUT2D eigenvalue weighted by Gasteiger charge is 2.09. The fourth-order valence-corrected chi connectivity index (χ4v) is 2.65. The first-order valence-corrected chi connectivity index (χ1v) is 6.73. The van der Waals surface area contributed by atoms with Crippen LogP contribution in [0.3, 0.4) is 0 Å². The summed E-state index contributed by atoms with van der Waals surface area (Å²) >= 11 is 3.34. The molecule has 0 aliphatic heterocycles. The lowest BCUT2D eigenvalue weighted by atomic mass is 10.3. The van der Waals surface area contributed by atoms with Gasteiger partial charge in [0.15, 0.2) is 5.78 Å². The zero-order chi connectivity index (χ0) is 10.6. The summed E-state index contributed by atoms with van der Waals surface area (Å²) in [6.07, 6.45) is 1.02. The summed E-state index contributed by atoms with van der Waals surface area (Å²) in [6.45, 7) is 6.34. The van der Waals surface area contributed by atoms with Gasteiger partial charge in [-0.2, -0.15) is 11.8 Å². The van der Waals surface area contributed by atoms with Crippen LogP contribution in [0.1, 0.15) is 35.3 Å². The summed E-state index contributed by atoms with van der Waals surface area (Å²) < 4.78 is 0. The number of thiophene rings is 1. The summed E-state index contributed by atoms with van der Waals surface area (Å²) in [7, 11) is 0. The normalized spacial score (nSPS) is 10.9. The second-order valence-corrected chi connectivity index (χ2v) is 6.14. The number of hydrogen-bond acceptors (Lipinski definition) is 3. The van der Waals surface area contributed by atoms with Crippen LogP contribution >= 0.6 is 23.1 Å². The van der Waals surface area contributed by atoms with Gasteiger partial charge in [0, 0.05) is 4.88 Å². The molecular formula is C11H16OS2. The Labute approximate surface area is 93.9 Å². The van der Waals surface area contributed by atoms with Gasteiger partial charge in [-0.25, -0.2) is 0 Å². The van der Waals surface area contributed by atoms with Crippen molar-refractivity contribution in [2.75, 3.05) is 5.75 Å². The second kappa shape index (κ2) is 5.56. The minimum Gasteiger partial charge on any atom is -0.292 e. The van der Waals surface area contributed by atoms with Crippen LogP contribution in [-0.2, 0) is 6.42 Å². The maximum absolute atomic E-state index is 11.7. The first kappa shape index (κ1) is 11.8. The zero-order valence-electron chi connectivity index (χ0n) is 8.87. The van der Waals surface area contributed by atoms with Gasteiger partial charge in [-0.1, -0.05) is 20.8 Å². The first-order chi connectivity index (χ1) is 6.63. The highest BCUT2D eigenvalue weighted by atomic mass is 32.2. The second-order valence-electron chi connectivity index (χ2n) is 3.40. The van der Waals surface area contributed by atoms with E-state index in [1.54, 1.807) is 23.1 Å². The van der Waals surface area contributed by atoms with E-state index < -0.39 is 0 Å². The number of hydrogen-bond donors (Lipinski definition) is 0. The third-order valence-corrected chi connectivity index (χ3v) is 4.20. The zero-order valence-corrected chi connectivity index (χ0v) is 10.5.